The van der Waals surface area contributed by atoms with E-state index in [4.69, 9.17) is 4.74 Å². The largest absolute Gasteiger partial charge is 0.396 e. The molecule has 140 valence electrons. The zero-order valence-corrected chi connectivity index (χ0v) is 15.6. The van der Waals surface area contributed by atoms with Gasteiger partial charge < -0.3 is 20.1 Å². The Morgan fingerprint density at radius 2 is 2.12 bits per heavy atom. The number of rotatable bonds is 8. The van der Waals surface area contributed by atoms with Crippen LogP contribution in [-0.2, 0) is 4.74 Å². The standard InChI is InChI=1S/C21H34N2O2/c1-17-15-23(16-20-8-5-13-25-20)11-9-21(17)22-14-19(10-12-24)18-6-3-2-4-7-18/h2-4,6-7,17,19-22,24H,5,8-16H2,1H3. The number of ether oxygens (including phenoxy) is 1. The summed E-state index contributed by atoms with van der Waals surface area (Å²) in [5.41, 5.74) is 1.33. The smallest absolute Gasteiger partial charge is 0.0702 e. The van der Waals surface area contributed by atoms with Crippen LogP contribution in [0.2, 0.25) is 0 Å². The molecule has 1 aromatic carbocycles. The lowest BCUT2D eigenvalue weighted by atomic mass is 9.91. The van der Waals surface area contributed by atoms with Crippen LogP contribution in [0, 0.1) is 5.92 Å². The van der Waals surface area contributed by atoms with E-state index in [1.165, 1.54) is 24.8 Å². The van der Waals surface area contributed by atoms with Crippen molar-refractivity contribution in [3.05, 3.63) is 35.9 Å². The molecule has 0 aromatic heterocycles. The van der Waals surface area contributed by atoms with Crippen LogP contribution in [0.4, 0.5) is 0 Å². The Labute approximate surface area is 152 Å². The van der Waals surface area contributed by atoms with Crippen molar-refractivity contribution in [1.82, 2.24) is 10.2 Å². The highest BCUT2D eigenvalue weighted by Crippen LogP contribution is 2.23. The molecule has 1 aromatic rings. The van der Waals surface area contributed by atoms with Gasteiger partial charge in [0.2, 0.25) is 0 Å². The normalized spacial score (nSPS) is 29.0. The number of nitrogens with one attached hydrogen (secondary N) is 1. The summed E-state index contributed by atoms with van der Waals surface area (Å²) in [6.45, 7) is 7.94. The fourth-order valence-electron chi connectivity index (χ4n) is 4.34. The average molecular weight is 347 g/mol. The summed E-state index contributed by atoms with van der Waals surface area (Å²) in [7, 11) is 0. The summed E-state index contributed by atoms with van der Waals surface area (Å²) in [6.07, 6.45) is 4.94. The third kappa shape index (κ3) is 5.52. The van der Waals surface area contributed by atoms with Crippen molar-refractivity contribution >= 4 is 0 Å². The van der Waals surface area contributed by atoms with E-state index in [0.29, 0.717) is 24.0 Å². The second kappa shape index (κ2) is 9.67. The van der Waals surface area contributed by atoms with E-state index in [-0.39, 0.29) is 6.61 Å². The fourth-order valence-corrected chi connectivity index (χ4v) is 4.34. The molecular weight excluding hydrogens is 312 g/mol. The second-order valence-corrected chi connectivity index (χ2v) is 7.80. The minimum Gasteiger partial charge on any atom is -0.396 e. The van der Waals surface area contributed by atoms with Gasteiger partial charge in [0.1, 0.15) is 0 Å². The van der Waals surface area contributed by atoms with Gasteiger partial charge in [-0.25, -0.2) is 0 Å². The molecule has 0 radical (unpaired) electrons. The number of benzene rings is 1. The van der Waals surface area contributed by atoms with Gasteiger partial charge in [0.05, 0.1) is 6.10 Å². The summed E-state index contributed by atoms with van der Waals surface area (Å²) >= 11 is 0. The molecule has 0 spiro atoms. The fraction of sp³-hybridized carbons (Fsp3) is 0.714. The zero-order chi connectivity index (χ0) is 17.5. The van der Waals surface area contributed by atoms with Crippen LogP contribution in [0.15, 0.2) is 30.3 Å². The lowest BCUT2D eigenvalue weighted by molar-refractivity contribution is 0.0511. The first-order valence-electron chi connectivity index (χ1n) is 9.99. The molecule has 0 saturated carbocycles. The monoisotopic (exact) mass is 346 g/mol. The number of aliphatic hydroxyl groups is 1. The molecule has 0 aliphatic carbocycles. The van der Waals surface area contributed by atoms with Crippen LogP contribution in [0.5, 0.6) is 0 Å². The highest BCUT2D eigenvalue weighted by molar-refractivity contribution is 5.19. The number of aliphatic hydroxyl groups excluding tert-OH is 1. The highest BCUT2D eigenvalue weighted by Gasteiger charge is 2.28. The van der Waals surface area contributed by atoms with E-state index in [2.05, 4.69) is 47.5 Å². The summed E-state index contributed by atoms with van der Waals surface area (Å²) in [4.78, 5) is 2.58. The molecular formula is C21H34N2O2. The predicted molar refractivity (Wildman–Crippen MR) is 102 cm³/mol. The molecule has 2 saturated heterocycles. The molecule has 2 aliphatic rings. The average Bonchev–Trinajstić information content (AvgIpc) is 3.14. The van der Waals surface area contributed by atoms with Crippen LogP contribution < -0.4 is 5.32 Å². The van der Waals surface area contributed by atoms with Gasteiger partial charge in [-0.05, 0) is 49.6 Å². The molecule has 2 N–H and O–H groups in total. The van der Waals surface area contributed by atoms with Crippen LogP contribution in [0.3, 0.4) is 0 Å². The third-order valence-electron chi connectivity index (χ3n) is 5.85. The maximum atomic E-state index is 9.41. The maximum absolute atomic E-state index is 9.41. The molecule has 2 aliphatic heterocycles. The molecule has 4 atom stereocenters. The van der Waals surface area contributed by atoms with Crippen molar-refractivity contribution in [2.24, 2.45) is 5.92 Å². The first-order valence-corrected chi connectivity index (χ1v) is 9.99. The van der Waals surface area contributed by atoms with Crippen LogP contribution in [-0.4, -0.2) is 61.5 Å². The summed E-state index contributed by atoms with van der Waals surface area (Å²) < 4.78 is 5.79. The molecule has 2 fully saturated rings. The second-order valence-electron chi connectivity index (χ2n) is 7.80. The lowest BCUT2D eigenvalue weighted by Crippen LogP contribution is -2.50. The van der Waals surface area contributed by atoms with Crippen molar-refractivity contribution < 1.29 is 9.84 Å². The quantitative estimate of drug-likeness (QED) is 0.759. The Balaban J connectivity index is 1.46. The van der Waals surface area contributed by atoms with Gasteiger partial charge in [0.15, 0.2) is 0 Å². The van der Waals surface area contributed by atoms with E-state index >= 15 is 0 Å². The van der Waals surface area contributed by atoms with Crippen molar-refractivity contribution in [2.75, 3.05) is 39.4 Å². The first kappa shape index (κ1) is 18.8. The van der Waals surface area contributed by atoms with Crippen molar-refractivity contribution in [2.45, 2.75) is 50.7 Å². The molecule has 0 amide bonds. The maximum Gasteiger partial charge on any atom is 0.0702 e. The highest BCUT2D eigenvalue weighted by atomic mass is 16.5. The number of nitrogens with zero attached hydrogens (tertiary/aromatic N) is 1. The van der Waals surface area contributed by atoms with E-state index in [0.717, 1.165) is 39.2 Å². The topological polar surface area (TPSA) is 44.7 Å². The summed E-state index contributed by atoms with van der Waals surface area (Å²) in [5.74, 6) is 1.05. The SMILES string of the molecule is CC1CN(CC2CCCO2)CCC1NCC(CCO)c1ccccc1. The minimum atomic E-state index is 0.247. The Hall–Kier alpha value is -0.940. The van der Waals surface area contributed by atoms with E-state index < -0.39 is 0 Å². The third-order valence-corrected chi connectivity index (χ3v) is 5.85. The minimum absolute atomic E-state index is 0.247. The molecule has 2 heterocycles. The van der Waals surface area contributed by atoms with Crippen molar-refractivity contribution in [3.8, 4) is 0 Å². The predicted octanol–water partition coefficient (Wildman–Crippen LogP) is 2.63. The summed E-state index contributed by atoms with van der Waals surface area (Å²) in [5, 5.41) is 13.2. The Bertz CT molecular complexity index is 490. The Morgan fingerprint density at radius 1 is 1.28 bits per heavy atom. The number of hydrogen-bond acceptors (Lipinski definition) is 4. The van der Waals surface area contributed by atoms with Crippen molar-refractivity contribution in [1.29, 1.82) is 0 Å². The molecule has 4 heteroatoms. The van der Waals surface area contributed by atoms with E-state index in [1.54, 1.807) is 0 Å². The van der Waals surface area contributed by atoms with Crippen LogP contribution in [0.1, 0.15) is 44.1 Å². The van der Waals surface area contributed by atoms with Gasteiger partial charge in [-0.15, -0.1) is 0 Å². The van der Waals surface area contributed by atoms with Gasteiger partial charge in [-0.2, -0.15) is 0 Å². The Kier molecular flexibility index (Phi) is 7.29. The first-order chi connectivity index (χ1) is 12.3. The van der Waals surface area contributed by atoms with Crippen LogP contribution in [0.25, 0.3) is 0 Å². The molecule has 0 bridgehead atoms. The van der Waals surface area contributed by atoms with Gasteiger partial charge in [0.25, 0.3) is 0 Å². The number of likely N-dealkylation sites (tertiary alicyclic amines) is 1. The Morgan fingerprint density at radius 3 is 2.80 bits per heavy atom. The van der Waals surface area contributed by atoms with Gasteiger partial charge in [-0.3, -0.25) is 0 Å². The van der Waals surface area contributed by atoms with Gasteiger partial charge >= 0.3 is 0 Å². The lowest BCUT2D eigenvalue weighted by Gasteiger charge is -2.39. The van der Waals surface area contributed by atoms with E-state index in [9.17, 15) is 5.11 Å². The number of hydrogen-bond donors (Lipinski definition) is 2. The van der Waals surface area contributed by atoms with E-state index in [1.807, 2.05) is 0 Å². The molecule has 4 unspecified atom stereocenters. The van der Waals surface area contributed by atoms with Gasteiger partial charge in [-0.1, -0.05) is 37.3 Å². The summed E-state index contributed by atoms with van der Waals surface area (Å²) in [6, 6.07) is 11.2. The van der Waals surface area contributed by atoms with Crippen LogP contribution >= 0.6 is 0 Å². The molecule has 4 nitrogen and oxygen atoms in total. The zero-order valence-electron chi connectivity index (χ0n) is 15.6. The van der Waals surface area contributed by atoms with Crippen molar-refractivity contribution in [3.63, 3.8) is 0 Å². The van der Waals surface area contributed by atoms with Gasteiger partial charge in [0, 0.05) is 38.9 Å². The molecule has 3 rings (SSSR count). The molecule has 25 heavy (non-hydrogen) atoms. The number of piperidine rings is 1.